The second-order valence-corrected chi connectivity index (χ2v) is 6.42. The van der Waals surface area contributed by atoms with Crippen molar-refractivity contribution in [3.63, 3.8) is 0 Å². The number of hydrogen-bond acceptors (Lipinski definition) is 2. The maximum Gasteiger partial charge on any atom is 0.303 e. The van der Waals surface area contributed by atoms with Gasteiger partial charge < -0.3 is 5.11 Å². The molecule has 1 saturated heterocycles. The van der Waals surface area contributed by atoms with Crippen LogP contribution in [0.5, 0.6) is 0 Å². The van der Waals surface area contributed by atoms with Crippen LogP contribution >= 0.6 is 22.6 Å². The molecule has 1 fully saturated rings. The molecule has 19 heavy (non-hydrogen) atoms. The van der Waals surface area contributed by atoms with Gasteiger partial charge in [-0.15, -0.1) is 0 Å². The van der Waals surface area contributed by atoms with Gasteiger partial charge in [-0.1, -0.05) is 18.6 Å². The van der Waals surface area contributed by atoms with Crippen LogP contribution in [0.25, 0.3) is 0 Å². The summed E-state index contributed by atoms with van der Waals surface area (Å²) < 4.78 is 1.25. The van der Waals surface area contributed by atoms with Crippen LogP contribution in [0.3, 0.4) is 0 Å². The Bertz CT molecular complexity index is 419. The number of rotatable bonds is 5. The van der Waals surface area contributed by atoms with Crippen molar-refractivity contribution < 1.29 is 9.90 Å². The molecule has 1 heterocycles. The SMILES string of the molecule is O=C(O)CCC1CCCCN1Cc1ccc(I)cc1. The fourth-order valence-electron chi connectivity index (χ4n) is 2.71. The zero-order valence-electron chi connectivity index (χ0n) is 11.0. The van der Waals surface area contributed by atoms with Gasteiger partial charge in [0, 0.05) is 22.6 Å². The van der Waals surface area contributed by atoms with Crippen molar-refractivity contribution in [3.05, 3.63) is 33.4 Å². The number of aliphatic carboxylic acids is 1. The number of benzene rings is 1. The normalized spacial score (nSPS) is 20.4. The highest BCUT2D eigenvalue weighted by atomic mass is 127. The highest BCUT2D eigenvalue weighted by Gasteiger charge is 2.22. The van der Waals surface area contributed by atoms with Gasteiger partial charge in [0.2, 0.25) is 0 Å². The molecule has 1 unspecified atom stereocenters. The molecule has 2 rings (SSSR count). The van der Waals surface area contributed by atoms with Gasteiger partial charge in [0.15, 0.2) is 0 Å². The van der Waals surface area contributed by atoms with Gasteiger partial charge >= 0.3 is 5.97 Å². The minimum absolute atomic E-state index is 0.286. The fraction of sp³-hybridized carbons (Fsp3) is 0.533. The molecular formula is C15H20INO2. The Morgan fingerprint density at radius 2 is 2.05 bits per heavy atom. The smallest absolute Gasteiger partial charge is 0.303 e. The highest BCUT2D eigenvalue weighted by Crippen LogP contribution is 2.23. The topological polar surface area (TPSA) is 40.5 Å². The van der Waals surface area contributed by atoms with Crippen LogP contribution in [0.2, 0.25) is 0 Å². The maximum atomic E-state index is 10.7. The van der Waals surface area contributed by atoms with Crippen molar-refractivity contribution >= 4 is 28.6 Å². The quantitative estimate of drug-likeness (QED) is 0.804. The molecule has 1 aromatic rings. The van der Waals surface area contributed by atoms with E-state index in [1.807, 2.05) is 0 Å². The van der Waals surface area contributed by atoms with E-state index in [-0.39, 0.29) is 6.42 Å². The van der Waals surface area contributed by atoms with E-state index in [0.29, 0.717) is 6.04 Å². The van der Waals surface area contributed by atoms with Crippen LogP contribution in [0.15, 0.2) is 24.3 Å². The summed E-state index contributed by atoms with van der Waals surface area (Å²) in [4.78, 5) is 13.2. The molecule has 1 N–H and O–H groups in total. The maximum absolute atomic E-state index is 10.7. The molecule has 0 radical (unpaired) electrons. The second-order valence-electron chi connectivity index (χ2n) is 5.18. The zero-order valence-corrected chi connectivity index (χ0v) is 13.2. The molecule has 1 aliphatic rings. The van der Waals surface area contributed by atoms with Crippen molar-refractivity contribution in [2.75, 3.05) is 6.54 Å². The van der Waals surface area contributed by atoms with Gasteiger partial charge in [-0.3, -0.25) is 9.69 Å². The van der Waals surface area contributed by atoms with E-state index in [2.05, 4.69) is 51.8 Å². The lowest BCUT2D eigenvalue weighted by molar-refractivity contribution is -0.137. The molecule has 4 heteroatoms. The van der Waals surface area contributed by atoms with E-state index in [9.17, 15) is 4.79 Å². The number of halogens is 1. The Morgan fingerprint density at radius 1 is 1.32 bits per heavy atom. The lowest BCUT2D eigenvalue weighted by Crippen LogP contribution is -2.39. The Morgan fingerprint density at radius 3 is 2.74 bits per heavy atom. The number of carboxylic acids is 1. The first kappa shape index (κ1) is 14.8. The van der Waals surface area contributed by atoms with Gasteiger partial charge in [-0.05, 0) is 66.1 Å². The van der Waals surface area contributed by atoms with Gasteiger partial charge in [0.1, 0.15) is 0 Å². The molecule has 104 valence electrons. The van der Waals surface area contributed by atoms with Crippen LogP contribution in [-0.4, -0.2) is 28.6 Å². The Labute approximate surface area is 128 Å². The minimum Gasteiger partial charge on any atom is -0.481 e. The van der Waals surface area contributed by atoms with Crippen LogP contribution in [-0.2, 0) is 11.3 Å². The molecule has 0 spiro atoms. The van der Waals surface area contributed by atoms with Crippen molar-refractivity contribution in [2.24, 2.45) is 0 Å². The molecular weight excluding hydrogens is 353 g/mol. The lowest BCUT2D eigenvalue weighted by Gasteiger charge is -2.35. The van der Waals surface area contributed by atoms with Gasteiger partial charge in [-0.25, -0.2) is 0 Å². The molecule has 0 aromatic heterocycles. The summed E-state index contributed by atoms with van der Waals surface area (Å²) >= 11 is 2.31. The Balaban J connectivity index is 1.95. The summed E-state index contributed by atoms with van der Waals surface area (Å²) in [5.41, 5.74) is 1.32. The third-order valence-corrected chi connectivity index (χ3v) is 4.46. The molecule has 3 nitrogen and oxygen atoms in total. The summed E-state index contributed by atoms with van der Waals surface area (Å²) in [5.74, 6) is -0.681. The van der Waals surface area contributed by atoms with E-state index in [1.165, 1.54) is 22.0 Å². The predicted octanol–water partition coefficient (Wildman–Crippen LogP) is 3.51. The van der Waals surface area contributed by atoms with E-state index in [0.717, 1.165) is 25.9 Å². The van der Waals surface area contributed by atoms with E-state index < -0.39 is 5.97 Å². The van der Waals surface area contributed by atoms with Crippen LogP contribution < -0.4 is 0 Å². The van der Waals surface area contributed by atoms with Crippen molar-refractivity contribution in [2.45, 2.75) is 44.7 Å². The molecule has 1 aliphatic heterocycles. The van der Waals surface area contributed by atoms with Crippen LogP contribution in [0.1, 0.15) is 37.7 Å². The third-order valence-electron chi connectivity index (χ3n) is 3.74. The molecule has 1 atom stereocenters. The number of likely N-dealkylation sites (tertiary alicyclic amines) is 1. The van der Waals surface area contributed by atoms with Crippen LogP contribution in [0.4, 0.5) is 0 Å². The zero-order chi connectivity index (χ0) is 13.7. The summed E-state index contributed by atoms with van der Waals surface area (Å²) in [6.45, 7) is 2.04. The molecule has 1 aromatic carbocycles. The molecule has 0 aliphatic carbocycles. The number of nitrogens with zero attached hydrogens (tertiary/aromatic N) is 1. The van der Waals surface area contributed by atoms with Gasteiger partial charge in [-0.2, -0.15) is 0 Å². The summed E-state index contributed by atoms with van der Waals surface area (Å²) in [5, 5.41) is 8.83. The van der Waals surface area contributed by atoms with E-state index >= 15 is 0 Å². The Kier molecular flexibility index (Phi) is 5.63. The summed E-state index contributed by atoms with van der Waals surface area (Å²) in [6.07, 6.45) is 4.66. The molecule has 0 amide bonds. The van der Waals surface area contributed by atoms with E-state index in [4.69, 9.17) is 5.11 Å². The van der Waals surface area contributed by atoms with Crippen LogP contribution in [0, 0.1) is 3.57 Å². The average Bonchev–Trinajstić information content (AvgIpc) is 2.40. The first-order valence-corrected chi connectivity index (χ1v) is 7.93. The summed E-state index contributed by atoms with van der Waals surface area (Å²) in [7, 11) is 0. The monoisotopic (exact) mass is 373 g/mol. The number of piperidine rings is 1. The largest absolute Gasteiger partial charge is 0.481 e. The van der Waals surface area contributed by atoms with Gasteiger partial charge in [0.05, 0.1) is 0 Å². The molecule has 0 saturated carbocycles. The predicted molar refractivity (Wildman–Crippen MR) is 84.1 cm³/mol. The lowest BCUT2D eigenvalue weighted by atomic mass is 9.97. The number of hydrogen-bond donors (Lipinski definition) is 1. The Hall–Kier alpha value is -0.620. The number of carbonyl (C=O) groups is 1. The minimum atomic E-state index is -0.681. The molecule has 0 bridgehead atoms. The van der Waals surface area contributed by atoms with Gasteiger partial charge in [0.25, 0.3) is 0 Å². The van der Waals surface area contributed by atoms with Crippen molar-refractivity contribution in [1.82, 2.24) is 4.90 Å². The standard InChI is InChI=1S/C15H20INO2/c16-13-6-4-12(5-7-13)11-17-10-2-1-3-14(17)8-9-15(18)19/h4-7,14H,1-3,8-11H2,(H,18,19). The number of carboxylic acid groups (broad SMARTS) is 1. The second kappa shape index (κ2) is 7.24. The van der Waals surface area contributed by atoms with E-state index in [1.54, 1.807) is 0 Å². The first-order chi connectivity index (χ1) is 9.15. The fourth-order valence-corrected chi connectivity index (χ4v) is 3.07. The highest BCUT2D eigenvalue weighted by molar-refractivity contribution is 14.1. The van der Waals surface area contributed by atoms with Crippen molar-refractivity contribution in [3.8, 4) is 0 Å². The average molecular weight is 373 g/mol. The third kappa shape index (κ3) is 4.76. The first-order valence-electron chi connectivity index (χ1n) is 6.85. The van der Waals surface area contributed by atoms with Crippen molar-refractivity contribution in [1.29, 1.82) is 0 Å². The summed E-state index contributed by atoms with van der Waals surface area (Å²) in [6, 6.07) is 9.04.